The van der Waals surface area contributed by atoms with E-state index in [0.717, 1.165) is 13.1 Å². The predicted octanol–water partition coefficient (Wildman–Crippen LogP) is 0.588. The van der Waals surface area contributed by atoms with Crippen LogP contribution in [-0.2, 0) is 19.1 Å². The van der Waals surface area contributed by atoms with Crippen LogP contribution in [0.25, 0.3) is 0 Å². The Balaban J connectivity index is 1.71. The number of piperazine rings is 1. The summed E-state index contributed by atoms with van der Waals surface area (Å²) in [4.78, 5) is 42.1. The Kier molecular flexibility index (Phi) is 7.23. The van der Waals surface area contributed by atoms with Gasteiger partial charge < -0.3 is 14.5 Å². The quantitative estimate of drug-likeness (QED) is 0.677. The molecule has 2 fully saturated rings. The SMILES string of the molecule is CCOC(=O)C1CCN(C(=O)CN2CCN(C(=O)C(C)C)CC2)CC1. The average Bonchev–Trinajstić information content (AvgIpc) is 2.62. The highest BCUT2D eigenvalue weighted by molar-refractivity contribution is 5.80. The van der Waals surface area contributed by atoms with Gasteiger partial charge in [-0.05, 0) is 19.8 Å². The molecule has 0 aromatic carbocycles. The summed E-state index contributed by atoms with van der Waals surface area (Å²) in [6.07, 6.45) is 1.36. The van der Waals surface area contributed by atoms with E-state index in [-0.39, 0.29) is 29.6 Å². The summed E-state index contributed by atoms with van der Waals surface area (Å²) in [7, 11) is 0. The van der Waals surface area contributed by atoms with Crippen molar-refractivity contribution in [1.82, 2.24) is 14.7 Å². The summed E-state index contributed by atoms with van der Waals surface area (Å²) >= 11 is 0. The summed E-state index contributed by atoms with van der Waals surface area (Å²) in [5.74, 6) is 0.113. The second-order valence-electron chi connectivity index (χ2n) is 7.16. The van der Waals surface area contributed by atoms with Gasteiger partial charge in [-0.15, -0.1) is 0 Å². The lowest BCUT2D eigenvalue weighted by Gasteiger charge is -2.37. The molecule has 142 valence electrons. The molecule has 25 heavy (non-hydrogen) atoms. The van der Waals surface area contributed by atoms with Crippen molar-refractivity contribution in [1.29, 1.82) is 0 Å². The van der Waals surface area contributed by atoms with E-state index < -0.39 is 0 Å². The molecule has 2 amide bonds. The summed E-state index contributed by atoms with van der Waals surface area (Å²) in [6.45, 7) is 10.5. The molecular weight excluding hydrogens is 322 g/mol. The molecule has 0 radical (unpaired) electrons. The minimum atomic E-state index is -0.138. The molecule has 0 unspecified atom stereocenters. The van der Waals surface area contributed by atoms with Gasteiger partial charge in [-0.1, -0.05) is 13.8 Å². The highest BCUT2D eigenvalue weighted by Gasteiger charge is 2.30. The summed E-state index contributed by atoms with van der Waals surface area (Å²) < 4.78 is 5.06. The molecule has 0 aromatic rings. The minimum Gasteiger partial charge on any atom is -0.466 e. The second-order valence-corrected chi connectivity index (χ2v) is 7.16. The lowest BCUT2D eigenvalue weighted by atomic mass is 9.97. The lowest BCUT2D eigenvalue weighted by molar-refractivity contribution is -0.151. The van der Waals surface area contributed by atoms with E-state index in [1.54, 1.807) is 0 Å². The summed E-state index contributed by atoms with van der Waals surface area (Å²) in [5.41, 5.74) is 0. The number of rotatable bonds is 5. The Morgan fingerprint density at radius 1 is 0.960 bits per heavy atom. The molecule has 0 aromatic heterocycles. The Bertz CT molecular complexity index is 479. The van der Waals surface area contributed by atoms with E-state index in [1.807, 2.05) is 30.6 Å². The van der Waals surface area contributed by atoms with Crippen molar-refractivity contribution < 1.29 is 19.1 Å². The molecule has 2 rings (SSSR count). The number of esters is 1. The number of piperidine rings is 1. The zero-order chi connectivity index (χ0) is 18.4. The fraction of sp³-hybridized carbons (Fsp3) is 0.833. The van der Waals surface area contributed by atoms with Crippen molar-refractivity contribution >= 4 is 17.8 Å². The van der Waals surface area contributed by atoms with Crippen LogP contribution in [0.2, 0.25) is 0 Å². The normalized spacial score (nSPS) is 20.0. The molecule has 0 bridgehead atoms. The Morgan fingerprint density at radius 2 is 1.56 bits per heavy atom. The Hall–Kier alpha value is -1.63. The van der Waals surface area contributed by atoms with Crippen molar-refractivity contribution in [2.45, 2.75) is 33.6 Å². The first-order valence-electron chi connectivity index (χ1n) is 9.38. The van der Waals surface area contributed by atoms with Crippen LogP contribution in [0.3, 0.4) is 0 Å². The first-order chi connectivity index (χ1) is 11.9. The van der Waals surface area contributed by atoms with Gasteiger partial charge in [-0.3, -0.25) is 19.3 Å². The van der Waals surface area contributed by atoms with Crippen LogP contribution in [0.5, 0.6) is 0 Å². The van der Waals surface area contributed by atoms with E-state index in [9.17, 15) is 14.4 Å². The third-order valence-corrected chi connectivity index (χ3v) is 5.00. The highest BCUT2D eigenvalue weighted by atomic mass is 16.5. The zero-order valence-electron chi connectivity index (χ0n) is 15.7. The standard InChI is InChI=1S/C18H31N3O4/c1-4-25-18(24)15-5-7-20(8-6-15)16(22)13-19-9-11-21(12-10-19)17(23)14(2)3/h14-15H,4-13H2,1-3H3. The number of carbonyl (C=O) groups is 3. The number of hydrogen-bond donors (Lipinski definition) is 0. The molecule has 0 atom stereocenters. The maximum atomic E-state index is 12.5. The Labute approximate surface area is 150 Å². The van der Waals surface area contributed by atoms with Gasteiger partial charge in [0.05, 0.1) is 19.1 Å². The van der Waals surface area contributed by atoms with E-state index in [4.69, 9.17) is 4.74 Å². The molecule has 0 saturated carbocycles. The van der Waals surface area contributed by atoms with Gasteiger partial charge in [-0.25, -0.2) is 0 Å². The van der Waals surface area contributed by atoms with Crippen LogP contribution in [0, 0.1) is 11.8 Å². The van der Waals surface area contributed by atoms with Gasteiger partial charge in [0, 0.05) is 45.2 Å². The molecule has 2 aliphatic heterocycles. The van der Waals surface area contributed by atoms with Crippen molar-refractivity contribution in [3.63, 3.8) is 0 Å². The number of nitrogens with zero attached hydrogens (tertiary/aromatic N) is 3. The molecule has 7 nitrogen and oxygen atoms in total. The van der Waals surface area contributed by atoms with Gasteiger partial charge in [0.2, 0.25) is 11.8 Å². The smallest absolute Gasteiger partial charge is 0.309 e. The minimum absolute atomic E-state index is 0.0221. The number of ether oxygens (including phenoxy) is 1. The van der Waals surface area contributed by atoms with E-state index in [1.165, 1.54) is 0 Å². The maximum absolute atomic E-state index is 12.5. The van der Waals surface area contributed by atoms with Crippen molar-refractivity contribution in [2.24, 2.45) is 11.8 Å². The molecular formula is C18H31N3O4. The first-order valence-corrected chi connectivity index (χ1v) is 9.38. The molecule has 7 heteroatoms. The van der Waals surface area contributed by atoms with Crippen molar-refractivity contribution in [2.75, 3.05) is 52.4 Å². The molecule has 2 saturated heterocycles. The molecule has 0 aliphatic carbocycles. The fourth-order valence-electron chi connectivity index (χ4n) is 3.41. The number of likely N-dealkylation sites (tertiary alicyclic amines) is 1. The number of amides is 2. The van der Waals surface area contributed by atoms with Gasteiger partial charge >= 0.3 is 5.97 Å². The number of carbonyl (C=O) groups excluding carboxylic acids is 3. The van der Waals surface area contributed by atoms with Crippen LogP contribution in [0.4, 0.5) is 0 Å². The zero-order valence-corrected chi connectivity index (χ0v) is 15.7. The van der Waals surface area contributed by atoms with Crippen LogP contribution in [0.15, 0.2) is 0 Å². The lowest BCUT2D eigenvalue weighted by Crippen LogP contribution is -2.53. The van der Waals surface area contributed by atoms with Crippen LogP contribution < -0.4 is 0 Å². The monoisotopic (exact) mass is 353 g/mol. The van der Waals surface area contributed by atoms with E-state index >= 15 is 0 Å². The summed E-state index contributed by atoms with van der Waals surface area (Å²) in [6, 6.07) is 0. The Morgan fingerprint density at radius 3 is 2.08 bits per heavy atom. The van der Waals surface area contributed by atoms with Crippen LogP contribution >= 0.6 is 0 Å². The second kappa shape index (κ2) is 9.17. The van der Waals surface area contributed by atoms with Crippen molar-refractivity contribution in [3.8, 4) is 0 Å². The van der Waals surface area contributed by atoms with Crippen LogP contribution in [-0.4, -0.2) is 84.9 Å². The fourth-order valence-corrected chi connectivity index (χ4v) is 3.41. The number of hydrogen-bond acceptors (Lipinski definition) is 5. The molecule has 2 heterocycles. The molecule has 2 aliphatic rings. The van der Waals surface area contributed by atoms with Crippen LogP contribution in [0.1, 0.15) is 33.6 Å². The summed E-state index contributed by atoms with van der Waals surface area (Å²) in [5, 5.41) is 0. The molecule has 0 N–H and O–H groups in total. The first kappa shape index (κ1) is 19.7. The van der Waals surface area contributed by atoms with Gasteiger partial charge in [0.15, 0.2) is 0 Å². The molecule has 0 spiro atoms. The van der Waals surface area contributed by atoms with E-state index in [0.29, 0.717) is 52.2 Å². The van der Waals surface area contributed by atoms with Gasteiger partial charge in [0.25, 0.3) is 0 Å². The topological polar surface area (TPSA) is 70.2 Å². The van der Waals surface area contributed by atoms with Crippen molar-refractivity contribution in [3.05, 3.63) is 0 Å². The highest BCUT2D eigenvalue weighted by Crippen LogP contribution is 2.19. The van der Waals surface area contributed by atoms with Gasteiger partial charge in [-0.2, -0.15) is 0 Å². The maximum Gasteiger partial charge on any atom is 0.309 e. The van der Waals surface area contributed by atoms with E-state index in [2.05, 4.69) is 4.90 Å². The predicted molar refractivity (Wildman–Crippen MR) is 93.8 cm³/mol. The third-order valence-electron chi connectivity index (χ3n) is 5.00. The van der Waals surface area contributed by atoms with Gasteiger partial charge in [0.1, 0.15) is 0 Å². The third kappa shape index (κ3) is 5.42. The average molecular weight is 353 g/mol. The largest absolute Gasteiger partial charge is 0.466 e.